The van der Waals surface area contributed by atoms with Crippen molar-refractivity contribution in [3.63, 3.8) is 0 Å². The number of hydrogen-bond acceptors (Lipinski definition) is 2. The third-order valence-electron chi connectivity index (χ3n) is 2.19. The minimum Gasteiger partial charge on any atom is -0.381 e. The van der Waals surface area contributed by atoms with E-state index in [0.29, 0.717) is 12.3 Å². The fourth-order valence-corrected chi connectivity index (χ4v) is 1.44. The summed E-state index contributed by atoms with van der Waals surface area (Å²) in [4.78, 5) is 0. The highest BCUT2D eigenvalue weighted by atomic mass is 19.1. The van der Waals surface area contributed by atoms with Crippen LogP contribution >= 0.6 is 0 Å². The standard InChI is InChI=1S/C8H16FNO/c9-8(6-10)5-7-1-3-11-4-2-7/h7-8H,1-6,10H2/t8-/m1/s1. The van der Waals surface area contributed by atoms with Crippen molar-refractivity contribution in [1.82, 2.24) is 0 Å². The molecule has 66 valence electrons. The molecule has 0 bridgehead atoms. The normalized spacial score (nSPS) is 23.5. The van der Waals surface area contributed by atoms with E-state index in [1.807, 2.05) is 0 Å². The van der Waals surface area contributed by atoms with Gasteiger partial charge in [0.05, 0.1) is 0 Å². The van der Waals surface area contributed by atoms with E-state index in [1.54, 1.807) is 0 Å². The molecule has 0 spiro atoms. The summed E-state index contributed by atoms with van der Waals surface area (Å²) in [5.74, 6) is 0.502. The summed E-state index contributed by atoms with van der Waals surface area (Å²) < 4.78 is 17.9. The second-order valence-corrected chi connectivity index (χ2v) is 3.12. The van der Waals surface area contributed by atoms with Crippen LogP contribution in [-0.2, 0) is 4.74 Å². The molecule has 2 nitrogen and oxygen atoms in total. The van der Waals surface area contributed by atoms with Crippen molar-refractivity contribution < 1.29 is 9.13 Å². The van der Waals surface area contributed by atoms with Crippen LogP contribution < -0.4 is 5.73 Å². The van der Waals surface area contributed by atoms with E-state index < -0.39 is 6.17 Å². The zero-order valence-electron chi connectivity index (χ0n) is 6.76. The molecular formula is C8H16FNO. The topological polar surface area (TPSA) is 35.2 Å². The van der Waals surface area contributed by atoms with Gasteiger partial charge in [0, 0.05) is 19.8 Å². The zero-order valence-corrected chi connectivity index (χ0v) is 6.76. The highest BCUT2D eigenvalue weighted by Crippen LogP contribution is 2.20. The summed E-state index contributed by atoms with van der Waals surface area (Å²) in [6, 6.07) is 0. The SMILES string of the molecule is NC[C@H](F)CC1CCOCC1. The molecule has 1 fully saturated rings. The van der Waals surface area contributed by atoms with Crippen LogP contribution in [0.3, 0.4) is 0 Å². The van der Waals surface area contributed by atoms with Crippen LogP contribution in [0.5, 0.6) is 0 Å². The monoisotopic (exact) mass is 161 g/mol. The summed E-state index contributed by atoms with van der Waals surface area (Å²) in [5, 5.41) is 0. The largest absolute Gasteiger partial charge is 0.381 e. The number of rotatable bonds is 3. The molecule has 1 saturated heterocycles. The minimum atomic E-state index is -0.807. The van der Waals surface area contributed by atoms with Gasteiger partial charge in [0.15, 0.2) is 0 Å². The quantitative estimate of drug-likeness (QED) is 0.672. The Balaban J connectivity index is 2.13. The summed E-state index contributed by atoms with van der Waals surface area (Å²) >= 11 is 0. The van der Waals surface area contributed by atoms with Gasteiger partial charge in [-0.05, 0) is 25.2 Å². The maximum Gasteiger partial charge on any atom is 0.113 e. The van der Waals surface area contributed by atoms with Gasteiger partial charge in [0.1, 0.15) is 6.17 Å². The molecule has 1 aliphatic heterocycles. The third-order valence-corrected chi connectivity index (χ3v) is 2.19. The van der Waals surface area contributed by atoms with Crippen LogP contribution in [0.2, 0.25) is 0 Å². The molecule has 1 aliphatic rings. The molecule has 0 aromatic rings. The molecule has 0 unspecified atom stereocenters. The predicted molar refractivity (Wildman–Crippen MR) is 42.1 cm³/mol. The lowest BCUT2D eigenvalue weighted by Gasteiger charge is -2.22. The summed E-state index contributed by atoms with van der Waals surface area (Å²) in [6.07, 6.45) is 1.82. The second-order valence-electron chi connectivity index (χ2n) is 3.12. The highest BCUT2D eigenvalue weighted by molar-refractivity contribution is 4.68. The van der Waals surface area contributed by atoms with E-state index >= 15 is 0 Å². The Morgan fingerprint density at radius 3 is 2.64 bits per heavy atom. The number of nitrogens with two attached hydrogens (primary N) is 1. The average Bonchev–Trinajstić information content (AvgIpc) is 2.06. The van der Waals surface area contributed by atoms with Crippen molar-refractivity contribution in [3.05, 3.63) is 0 Å². The maximum atomic E-state index is 12.8. The minimum absolute atomic E-state index is 0.164. The van der Waals surface area contributed by atoms with Crippen molar-refractivity contribution in [2.45, 2.75) is 25.4 Å². The molecule has 0 radical (unpaired) electrons. The second kappa shape index (κ2) is 4.67. The maximum absolute atomic E-state index is 12.8. The summed E-state index contributed by atoms with van der Waals surface area (Å²) in [6.45, 7) is 1.75. The molecule has 0 aromatic heterocycles. The Labute approximate surface area is 66.9 Å². The Hall–Kier alpha value is -0.150. The van der Waals surface area contributed by atoms with Crippen LogP contribution in [-0.4, -0.2) is 25.9 Å². The van der Waals surface area contributed by atoms with Crippen LogP contribution in [0.4, 0.5) is 4.39 Å². The van der Waals surface area contributed by atoms with Gasteiger partial charge >= 0.3 is 0 Å². The van der Waals surface area contributed by atoms with Crippen LogP contribution in [0.25, 0.3) is 0 Å². The molecule has 2 N–H and O–H groups in total. The van der Waals surface area contributed by atoms with Gasteiger partial charge in [-0.3, -0.25) is 0 Å². The first kappa shape index (κ1) is 8.94. The third kappa shape index (κ3) is 3.16. The lowest BCUT2D eigenvalue weighted by atomic mass is 9.94. The van der Waals surface area contributed by atoms with E-state index in [2.05, 4.69) is 0 Å². The number of hydrogen-bond donors (Lipinski definition) is 1. The van der Waals surface area contributed by atoms with Gasteiger partial charge in [-0.1, -0.05) is 0 Å². The number of halogens is 1. The molecule has 0 aromatic carbocycles. The van der Waals surface area contributed by atoms with Crippen molar-refractivity contribution in [2.24, 2.45) is 11.7 Å². The first-order chi connectivity index (χ1) is 5.33. The van der Waals surface area contributed by atoms with Crippen molar-refractivity contribution >= 4 is 0 Å². The molecule has 3 heteroatoms. The van der Waals surface area contributed by atoms with Crippen molar-refractivity contribution in [1.29, 1.82) is 0 Å². The Kier molecular flexibility index (Phi) is 3.80. The number of alkyl halides is 1. The van der Waals surface area contributed by atoms with Crippen LogP contribution in [0, 0.1) is 5.92 Å². The lowest BCUT2D eigenvalue weighted by molar-refractivity contribution is 0.0561. The molecule has 11 heavy (non-hydrogen) atoms. The van der Waals surface area contributed by atoms with Gasteiger partial charge in [-0.2, -0.15) is 0 Å². The molecule has 1 rings (SSSR count). The Bertz CT molecular complexity index is 104. The molecule has 0 aliphatic carbocycles. The van der Waals surface area contributed by atoms with Crippen molar-refractivity contribution in [3.8, 4) is 0 Å². The molecule has 0 amide bonds. The first-order valence-electron chi connectivity index (χ1n) is 4.25. The summed E-state index contributed by atoms with van der Waals surface area (Å²) in [5.41, 5.74) is 5.18. The zero-order chi connectivity index (χ0) is 8.10. The van der Waals surface area contributed by atoms with Gasteiger partial charge in [-0.15, -0.1) is 0 Å². The van der Waals surface area contributed by atoms with E-state index in [4.69, 9.17) is 10.5 Å². The van der Waals surface area contributed by atoms with Gasteiger partial charge in [-0.25, -0.2) is 4.39 Å². The smallest absolute Gasteiger partial charge is 0.113 e. The molecule has 1 heterocycles. The van der Waals surface area contributed by atoms with E-state index in [9.17, 15) is 4.39 Å². The van der Waals surface area contributed by atoms with Gasteiger partial charge in [0.25, 0.3) is 0 Å². The number of ether oxygens (including phenoxy) is 1. The van der Waals surface area contributed by atoms with Crippen molar-refractivity contribution in [2.75, 3.05) is 19.8 Å². The van der Waals surface area contributed by atoms with E-state index in [0.717, 1.165) is 26.1 Å². The Morgan fingerprint density at radius 1 is 1.45 bits per heavy atom. The highest BCUT2D eigenvalue weighted by Gasteiger charge is 2.17. The molecule has 0 saturated carbocycles. The average molecular weight is 161 g/mol. The fraction of sp³-hybridized carbons (Fsp3) is 1.00. The molecular weight excluding hydrogens is 145 g/mol. The fourth-order valence-electron chi connectivity index (χ4n) is 1.44. The molecule has 1 atom stereocenters. The van der Waals surface area contributed by atoms with E-state index in [-0.39, 0.29) is 6.54 Å². The first-order valence-corrected chi connectivity index (χ1v) is 4.25. The van der Waals surface area contributed by atoms with Crippen LogP contribution in [0.1, 0.15) is 19.3 Å². The van der Waals surface area contributed by atoms with Gasteiger partial charge in [0.2, 0.25) is 0 Å². The van der Waals surface area contributed by atoms with Crippen LogP contribution in [0.15, 0.2) is 0 Å². The lowest BCUT2D eigenvalue weighted by Crippen LogP contribution is -2.23. The predicted octanol–water partition coefficient (Wildman–Crippen LogP) is 1.10. The Morgan fingerprint density at radius 2 is 2.09 bits per heavy atom. The summed E-state index contributed by atoms with van der Waals surface area (Å²) in [7, 11) is 0. The van der Waals surface area contributed by atoms with Gasteiger partial charge < -0.3 is 10.5 Å². The van der Waals surface area contributed by atoms with E-state index in [1.165, 1.54) is 0 Å².